The van der Waals surface area contributed by atoms with Crippen molar-refractivity contribution in [1.29, 1.82) is 5.26 Å². The van der Waals surface area contributed by atoms with Crippen molar-refractivity contribution in [3.63, 3.8) is 0 Å². The van der Waals surface area contributed by atoms with E-state index >= 15 is 0 Å². The van der Waals surface area contributed by atoms with E-state index < -0.39 is 0 Å². The Kier molecular flexibility index (Phi) is 5.13. The summed E-state index contributed by atoms with van der Waals surface area (Å²) in [7, 11) is 3.29. The summed E-state index contributed by atoms with van der Waals surface area (Å²) in [6, 6.07) is 24.3. The van der Waals surface area contributed by atoms with Gasteiger partial charge in [0.25, 0.3) is 0 Å². The molecule has 4 aromatic rings. The number of ether oxygens (including phenoxy) is 2. The predicted molar refractivity (Wildman–Crippen MR) is 113 cm³/mol. The topological polar surface area (TPSA) is 46.1 Å². The third-order valence-corrected chi connectivity index (χ3v) is 5.02. The zero-order valence-corrected chi connectivity index (χ0v) is 16.4. The second-order valence-corrected chi connectivity index (χ2v) is 6.81. The summed E-state index contributed by atoms with van der Waals surface area (Å²) in [6.07, 6.45) is 4.17. The lowest BCUT2D eigenvalue weighted by atomic mass is 9.99. The average Bonchev–Trinajstić information content (AvgIpc) is 2.78. The Hall–Kier alpha value is -3.84. The number of benzene rings is 3. The summed E-state index contributed by atoms with van der Waals surface area (Å²) in [4.78, 5) is 0. The van der Waals surface area contributed by atoms with Gasteiger partial charge in [-0.15, -0.1) is 0 Å². The van der Waals surface area contributed by atoms with Crippen LogP contribution in [-0.4, -0.2) is 14.2 Å². The van der Waals surface area contributed by atoms with Crippen molar-refractivity contribution >= 4 is 10.8 Å². The van der Waals surface area contributed by atoms with Crippen LogP contribution >= 0.6 is 0 Å². The fourth-order valence-corrected chi connectivity index (χ4v) is 3.50. The molecule has 3 aromatic carbocycles. The Morgan fingerprint density at radius 2 is 1.55 bits per heavy atom. The first-order valence-electron chi connectivity index (χ1n) is 9.35. The van der Waals surface area contributed by atoms with E-state index in [9.17, 15) is 5.26 Å². The fourth-order valence-electron chi connectivity index (χ4n) is 3.50. The molecule has 0 fully saturated rings. The van der Waals surface area contributed by atoms with Crippen molar-refractivity contribution in [2.24, 2.45) is 0 Å². The van der Waals surface area contributed by atoms with E-state index in [1.165, 1.54) is 5.56 Å². The molecule has 0 saturated heterocycles. The van der Waals surface area contributed by atoms with Gasteiger partial charge in [0.2, 0.25) is 0 Å². The van der Waals surface area contributed by atoms with Crippen molar-refractivity contribution in [3.8, 4) is 28.7 Å². The van der Waals surface area contributed by atoms with E-state index in [2.05, 4.69) is 53.4 Å². The van der Waals surface area contributed by atoms with Crippen LogP contribution in [0.25, 0.3) is 21.9 Å². The van der Waals surface area contributed by atoms with Crippen LogP contribution in [0.3, 0.4) is 0 Å². The molecule has 0 N–H and O–H groups in total. The molecule has 4 heteroatoms. The number of nitrogens with zero attached hydrogens (tertiary/aromatic N) is 2. The Bertz CT molecular complexity index is 1210. The minimum Gasteiger partial charge on any atom is -0.493 e. The third kappa shape index (κ3) is 3.76. The minimum absolute atomic E-state index is 0.688. The Morgan fingerprint density at radius 3 is 2.24 bits per heavy atom. The number of pyridine rings is 1. The molecule has 0 spiro atoms. The van der Waals surface area contributed by atoms with Gasteiger partial charge in [-0.1, -0.05) is 42.5 Å². The molecule has 0 aliphatic rings. The lowest BCUT2D eigenvalue weighted by Gasteiger charge is -2.09. The minimum atomic E-state index is 0.688. The average molecular weight is 381 g/mol. The van der Waals surface area contributed by atoms with Crippen LogP contribution in [0.1, 0.15) is 11.1 Å². The molecule has 0 unspecified atom stereocenters. The maximum absolute atomic E-state index is 9.32. The molecular formula is C25H21N2O2+. The van der Waals surface area contributed by atoms with Crippen molar-refractivity contribution in [1.82, 2.24) is 0 Å². The highest BCUT2D eigenvalue weighted by atomic mass is 16.5. The van der Waals surface area contributed by atoms with Crippen LogP contribution in [0.15, 0.2) is 79.1 Å². The normalized spacial score (nSPS) is 10.5. The number of nitriles is 1. The van der Waals surface area contributed by atoms with E-state index in [1.54, 1.807) is 14.2 Å². The number of hydrogen-bond acceptors (Lipinski definition) is 3. The fraction of sp³-hybridized carbons (Fsp3) is 0.120. The predicted octanol–water partition coefficient (Wildman–Crippen LogP) is 4.73. The van der Waals surface area contributed by atoms with Crippen LogP contribution in [0.5, 0.6) is 11.5 Å². The Labute approximate surface area is 170 Å². The van der Waals surface area contributed by atoms with Crippen LogP contribution < -0.4 is 14.0 Å². The molecule has 4 rings (SSSR count). The lowest BCUT2D eigenvalue weighted by molar-refractivity contribution is -0.687. The summed E-state index contributed by atoms with van der Waals surface area (Å²) >= 11 is 0. The van der Waals surface area contributed by atoms with Crippen LogP contribution in [0.2, 0.25) is 0 Å². The van der Waals surface area contributed by atoms with Gasteiger partial charge in [0.05, 0.1) is 25.9 Å². The van der Waals surface area contributed by atoms with Gasteiger partial charge in [-0.2, -0.15) is 5.26 Å². The summed E-state index contributed by atoms with van der Waals surface area (Å²) in [5, 5.41) is 11.5. The van der Waals surface area contributed by atoms with Gasteiger partial charge < -0.3 is 9.47 Å². The smallest absolute Gasteiger partial charge is 0.177 e. The molecule has 142 valence electrons. The molecular weight excluding hydrogens is 360 g/mol. The first-order chi connectivity index (χ1) is 14.2. The first-order valence-corrected chi connectivity index (χ1v) is 9.35. The van der Waals surface area contributed by atoms with Crippen molar-refractivity contribution < 1.29 is 14.0 Å². The largest absolute Gasteiger partial charge is 0.493 e. The number of hydrogen-bond donors (Lipinski definition) is 0. The maximum atomic E-state index is 9.32. The van der Waals surface area contributed by atoms with Crippen molar-refractivity contribution in [2.75, 3.05) is 14.2 Å². The van der Waals surface area contributed by atoms with Gasteiger partial charge in [-0.05, 0) is 34.7 Å². The number of aromatic nitrogens is 1. The van der Waals surface area contributed by atoms with Gasteiger partial charge in [0.1, 0.15) is 0 Å². The Balaban J connectivity index is 1.60. The second kappa shape index (κ2) is 8.04. The molecule has 4 nitrogen and oxygen atoms in total. The molecule has 1 aromatic heterocycles. The van der Waals surface area contributed by atoms with Gasteiger partial charge >= 0.3 is 0 Å². The van der Waals surface area contributed by atoms with E-state index in [-0.39, 0.29) is 0 Å². The summed E-state index contributed by atoms with van der Waals surface area (Å²) < 4.78 is 12.9. The van der Waals surface area contributed by atoms with Crippen molar-refractivity contribution in [2.45, 2.75) is 6.54 Å². The number of methoxy groups -OCH3 is 2. The van der Waals surface area contributed by atoms with Gasteiger partial charge in [0.15, 0.2) is 30.4 Å². The molecule has 29 heavy (non-hydrogen) atoms. The van der Waals surface area contributed by atoms with Crippen LogP contribution in [0, 0.1) is 11.3 Å². The molecule has 1 heterocycles. The molecule has 0 aliphatic heterocycles. The first kappa shape index (κ1) is 18.5. The SMILES string of the molecule is COc1cc2cc[n+](Cc3ccc(-c4ccccc4C#N)cc3)cc2cc1OC. The van der Waals surface area contributed by atoms with Gasteiger partial charge in [0, 0.05) is 17.0 Å². The highest BCUT2D eigenvalue weighted by molar-refractivity contribution is 5.84. The van der Waals surface area contributed by atoms with Crippen molar-refractivity contribution in [3.05, 3.63) is 90.3 Å². The lowest BCUT2D eigenvalue weighted by Crippen LogP contribution is -2.33. The van der Waals surface area contributed by atoms with E-state index in [1.807, 2.05) is 36.4 Å². The summed E-state index contributed by atoms with van der Waals surface area (Å²) in [5.41, 5.74) is 3.88. The number of fused-ring (bicyclic) bond motifs is 1. The van der Waals surface area contributed by atoms with Gasteiger partial charge in [-0.25, -0.2) is 4.57 Å². The van der Waals surface area contributed by atoms with Gasteiger partial charge in [-0.3, -0.25) is 0 Å². The number of rotatable bonds is 5. The molecule has 0 saturated carbocycles. The molecule has 0 radical (unpaired) electrons. The maximum Gasteiger partial charge on any atom is 0.177 e. The van der Waals surface area contributed by atoms with E-state index in [0.717, 1.165) is 39.9 Å². The zero-order chi connectivity index (χ0) is 20.2. The molecule has 0 amide bonds. The monoisotopic (exact) mass is 381 g/mol. The van der Waals surface area contributed by atoms with E-state index in [4.69, 9.17) is 9.47 Å². The quantitative estimate of drug-likeness (QED) is 0.470. The van der Waals surface area contributed by atoms with E-state index in [0.29, 0.717) is 5.56 Å². The van der Waals surface area contributed by atoms with Crippen LogP contribution in [-0.2, 0) is 6.54 Å². The Morgan fingerprint density at radius 1 is 0.862 bits per heavy atom. The summed E-state index contributed by atoms with van der Waals surface area (Å²) in [6.45, 7) is 0.754. The molecule has 0 bridgehead atoms. The van der Waals surface area contributed by atoms with Crippen LogP contribution in [0.4, 0.5) is 0 Å². The summed E-state index contributed by atoms with van der Waals surface area (Å²) in [5.74, 6) is 1.45. The third-order valence-electron chi connectivity index (χ3n) is 5.02. The molecule has 0 atom stereocenters. The highest BCUT2D eigenvalue weighted by Crippen LogP contribution is 2.31. The second-order valence-electron chi connectivity index (χ2n) is 6.81. The highest BCUT2D eigenvalue weighted by Gasteiger charge is 2.11. The molecule has 0 aliphatic carbocycles. The standard InChI is InChI=1S/C25H21N2O2/c1-28-24-13-20-11-12-27(17-22(20)14-25(24)29-2)16-18-7-9-19(10-8-18)23-6-4-3-5-21(23)15-26/h3-14,17H,16H2,1-2H3/q+1. The zero-order valence-electron chi connectivity index (χ0n) is 16.4.